The van der Waals surface area contributed by atoms with Crippen LogP contribution in [0.2, 0.25) is 0 Å². The van der Waals surface area contributed by atoms with Gasteiger partial charge in [0.05, 0.1) is 21.1 Å². The minimum Gasteiger partial charge on any atom is -0.454 e. The van der Waals surface area contributed by atoms with Crippen molar-refractivity contribution in [2.45, 2.75) is 37.8 Å². The number of anilines is 1. The number of hydrogen-bond acceptors (Lipinski definition) is 9. The number of non-ortho nitro benzene ring substituents is 1. The monoisotopic (exact) mass is 460 g/mol. The van der Waals surface area contributed by atoms with Gasteiger partial charge in [-0.3, -0.25) is 14.8 Å². The minimum atomic E-state index is -4.20. The molecule has 0 atom stereocenters. The predicted molar refractivity (Wildman–Crippen MR) is 112 cm³/mol. The van der Waals surface area contributed by atoms with E-state index in [1.807, 2.05) is 6.92 Å². The molecule has 0 amide bonds. The molecule has 0 spiro atoms. The number of aromatic nitrogens is 4. The van der Waals surface area contributed by atoms with Gasteiger partial charge in [0.25, 0.3) is 15.7 Å². The maximum Gasteiger partial charge on any atom is 0.340 e. The molecule has 32 heavy (non-hydrogen) atoms. The maximum atomic E-state index is 12.7. The number of rotatable bonds is 10. The van der Waals surface area contributed by atoms with E-state index in [1.54, 1.807) is 6.07 Å². The zero-order valence-electron chi connectivity index (χ0n) is 17.0. The zero-order chi connectivity index (χ0) is 23.1. The summed E-state index contributed by atoms with van der Waals surface area (Å²) < 4.78 is 34.5. The normalized spacial score (nSPS) is 11.2. The van der Waals surface area contributed by atoms with Crippen LogP contribution in [0.3, 0.4) is 0 Å². The molecule has 168 valence electrons. The summed E-state index contributed by atoms with van der Waals surface area (Å²) in [5.74, 6) is -0.422. The van der Waals surface area contributed by atoms with Crippen LogP contribution in [0.5, 0.6) is 0 Å². The Hall–Kier alpha value is -3.87. The lowest BCUT2D eigenvalue weighted by Crippen LogP contribution is -2.17. The molecule has 0 unspecified atom stereocenters. The zero-order valence-corrected chi connectivity index (χ0v) is 17.9. The second-order valence-corrected chi connectivity index (χ2v) is 8.34. The van der Waals surface area contributed by atoms with E-state index in [1.165, 1.54) is 41.1 Å². The average molecular weight is 460 g/mol. The van der Waals surface area contributed by atoms with Gasteiger partial charge < -0.3 is 4.74 Å². The third-order valence-corrected chi connectivity index (χ3v) is 5.76. The highest BCUT2D eigenvalue weighted by Gasteiger charge is 2.22. The predicted octanol–water partition coefficient (Wildman–Crippen LogP) is 2.54. The molecule has 0 radical (unpaired) electrons. The Morgan fingerprint density at radius 3 is 2.75 bits per heavy atom. The largest absolute Gasteiger partial charge is 0.454 e. The summed E-state index contributed by atoms with van der Waals surface area (Å²) in [7, 11) is -4.20. The maximum absolute atomic E-state index is 12.7. The van der Waals surface area contributed by atoms with E-state index < -0.39 is 20.9 Å². The molecule has 1 aromatic heterocycles. The molecular weight excluding hydrogens is 440 g/mol. The molecule has 0 aliphatic heterocycles. The van der Waals surface area contributed by atoms with E-state index in [2.05, 4.69) is 20.2 Å². The summed E-state index contributed by atoms with van der Waals surface area (Å²) in [6, 6.07) is 10.4. The Labute approximate surface area is 183 Å². The van der Waals surface area contributed by atoms with Crippen LogP contribution in [-0.4, -0.2) is 39.5 Å². The van der Waals surface area contributed by atoms with Gasteiger partial charge in [0.2, 0.25) is 0 Å². The number of nitro groups is 1. The Balaban J connectivity index is 1.77. The summed E-state index contributed by atoms with van der Waals surface area (Å²) in [6.45, 7) is 2.41. The molecule has 0 aliphatic rings. The molecule has 12 nitrogen and oxygen atoms in total. The van der Waals surface area contributed by atoms with Gasteiger partial charge in [-0.25, -0.2) is 17.9 Å². The number of hydrogen-bond donors (Lipinski definition) is 1. The molecule has 2 aromatic carbocycles. The van der Waals surface area contributed by atoms with Gasteiger partial charge in [-0.2, -0.15) is 0 Å². The molecule has 0 fully saturated rings. The van der Waals surface area contributed by atoms with Crippen LogP contribution in [0.25, 0.3) is 0 Å². The number of esters is 1. The van der Waals surface area contributed by atoms with Crippen LogP contribution in [-0.2, 0) is 27.9 Å². The number of para-hydroxylation sites is 1. The standard InChI is InChI=1S/C19H20N6O6S/c1-2-3-11-24-18(20-22-23-24)13-31-19(26)16-9-4-5-10-17(16)21-32(29,30)15-8-6-7-14(12-15)25(27)28/h4-10,12,21H,2-3,11,13H2,1H3. The van der Waals surface area contributed by atoms with Crippen molar-refractivity contribution in [3.05, 3.63) is 70.0 Å². The molecule has 1 heterocycles. The highest BCUT2D eigenvalue weighted by molar-refractivity contribution is 7.92. The number of nitro benzene ring substituents is 1. The van der Waals surface area contributed by atoms with Crippen molar-refractivity contribution < 1.29 is 22.9 Å². The van der Waals surface area contributed by atoms with E-state index in [4.69, 9.17) is 4.74 Å². The second-order valence-electron chi connectivity index (χ2n) is 6.65. The topological polar surface area (TPSA) is 159 Å². The van der Waals surface area contributed by atoms with E-state index in [-0.39, 0.29) is 28.4 Å². The lowest BCUT2D eigenvalue weighted by atomic mass is 10.2. The van der Waals surface area contributed by atoms with Crippen molar-refractivity contribution in [2.75, 3.05) is 4.72 Å². The van der Waals surface area contributed by atoms with Crippen LogP contribution in [0, 0.1) is 10.1 Å². The number of tetrazole rings is 1. The van der Waals surface area contributed by atoms with Crippen LogP contribution in [0.15, 0.2) is 53.4 Å². The Bertz CT molecular complexity index is 1230. The summed E-state index contributed by atoms with van der Waals surface area (Å²) in [5, 5.41) is 22.2. The van der Waals surface area contributed by atoms with Gasteiger partial charge in [0.1, 0.15) is 0 Å². The number of nitrogens with one attached hydrogen (secondary N) is 1. The highest BCUT2D eigenvalue weighted by Crippen LogP contribution is 2.23. The summed E-state index contributed by atoms with van der Waals surface area (Å²) in [5.41, 5.74) is -0.440. The fourth-order valence-corrected chi connectivity index (χ4v) is 3.85. The lowest BCUT2D eigenvalue weighted by molar-refractivity contribution is -0.385. The van der Waals surface area contributed by atoms with Gasteiger partial charge >= 0.3 is 5.97 Å². The van der Waals surface area contributed by atoms with Gasteiger partial charge in [-0.05, 0) is 35.0 Å². The highest BCUT2D eigenvalue weighted by atomic mass is 32.2. The van der Waals surface area contributed by atoms with Crippen LogP contribution < -0.4 is 4.72 Å². The van der Waals surface area contributed by atoms with Gasteiger partial charge in [0, 0.05) is 18.7 Å². The van der Waals surface area contributed by atoms with Crippen LogP contribution in [0.4, 0.5) is 11.4 Å². The number of aryl methyl sites for hydroxylation is 1. The molecule has 3 aromatic rings. The van der Waals surface area contributed by atoms with E-state index in [0.29, 0.717) is 12.4 Å². The first kappa shape index (κ1) is 22.8. The first-order valence-corrected chi connectivity index (χ1v) is 11.1. The van der Waals surface area contributed by atoms with Crippen molar-refractivity contribution in [1.82, 2.24) is 20.2 Å². The van der Waals surface area contributed by atoms with Crippen LogP contribution in [0.1, 0.15) is 35.9 Å². The third kappa shape index (κ3) is 5.43. The van der Waals surface area contributed by atoms with Crippen molar-refractivity contribution in [2.24, 2.45) is 0 Å². The summed E-state index contributed by atoms with van der Waals surface area (Å²) >= 11 is 0. The number of sulfonamides is 1. The molecule has 0 saturated carbocycles. The molecule has 0 bridgehead atoms. The van der Waals surface area contributed by atoms with Crippen LogP contribution >= 0.6 is 0 Å². The molecule has 1 N–H and O–H groups in total. The second kappa shape index (κ2) is 9.96. The lowest BCUT2D eigenvalue weighted by Gasteiger charge is -2.12. The molecule has 3 rings (SSSR count). The van der Waals surface area contributed by atoms with E-state index >= 15 is 0 Å². The number of carbonyl (C=O) groups is 1. The molecular formula is C19H20N6O6S. The minimum absolute atomic E-state index is 0.0328. The SMILES string of the molecule is CCCCn1nnnc1COC(=O)c1ccccc1NS(=O)(=O)c1cccc([N+](=O)[O-])c1. The number of unbranched alkanes of at least 4 members (excludes halogenated alkanes) is 1. The molecule has 0 saturated heterocycles. The number of carbonyl (C=O) groups excluding carboxylic acids is 1. The quantitative estimate of drug-likeness (QED) is 0.272. The number of benzene rings is 2. The first-order chi connectivity index (χ1) is 15.3. The van der Waals surface area contributed by atoms with E-state index in [0.717, 1.165) is 18.9 Å². The first-order valence-electron chi connectivity index (χ1n) is 9.60. The van der Waals surface area contributed by atoms with E-state index in [9.17, 15) is 23.3 Å². The summed E-state index contributed by atoms with van der Waals surface area (Å²) in [4.78, 5) is 22.6. The fourth-order valence-electron chi connectivity index (χ4n) is 2.73. The Morgan fingerprint density at radius 2 is 2.00 bits per heavy atom. The van der Waals surface area contributed by atoms with Crippen molar-refractivity contribution in [3.8, 4) is 0 Å². The number of ether oxygens (including phenoxy) is 1. The molecule has 13 heteroatoms. The van der Waals surface area contributed by atoms with Crippen molar-refractivity contribution in [3.63, 3.8) is 0 Å². The smallest absolute Gasteiger partial charge is 0.340 e. The molecule has 0 aliphatic carbocycles. The number of nitrogens with zero attached hydrogens (tertiary/aromatic N) is 5. The van der Waals surface area contributed by atoms with Crippen molar-refractivity contribution >= 4 is 27.4 Å². The Morgan fingerprint density at radius 1 is 1.22 bits per heavy atom. The van der Waals surface area contributed by atoms with Crippen molar-refractivity contribution in [1.29, 1.82) is 0 Å². The summed E-state index contributed by atoms with van der Waals surface area (Å²) in [6.07, 6.45) is 1.80. The van der Waals surface area contributed by atoms with Gasteiger partial charge in [-0.15, -0.1) is 5.10 Å². The van der Waals surface area contributed by atoms with Gasteiger partial charge in [0.15, 0.2) is 12.4 Å². The van der Waals surface area contributed by atoms with Gasteiger partial charge in [-0.1, -0.05) is 31.5 Å². The Kier molecular flexibility index (Phi) is 7.10. The fraction of sp³-hybridized carbons (Fsp3) is 0.263. The third-order valence-electron chi connectivity index (χ3n) is 4.39. The average Bonchev–Trinajstić information content (AvgIpc) is 3.23.